The van der Waals surface area contributed by atoms with Crippen molar-refractivity contribution in [3.63, 3.8) is 0 Å². The summed E-state index contributed by atoms with van der Waals surface area (Å²) in [5, 5.41) is 1.53. The zero-order valence-corrected chi connectivity index (χ0v) is 8.17. The van der Waals surface area contributed by atoms with Crippen molar-refractivity contribution in [1.29, 1.82) is 0 Å². The molecule has 1 aromatic heterocycles. The topological polar surface area (TPSA) is 39.4 Å². The lowest BCUT2D eigenvalue weighted by Crippen LogP contribution is -1.98. The van der Waals surface area contributed by atoms with Crippen LogP contribution in [0.15, 0.2) is 33.7 Å². The quantitative estimate of drug-likeness (QED) is 0.726. The number of benzene rings is 1. The van der Waals surface area contributed by atoms with E-state index in [1.807, 2.05) is 0 Å². The number of methoxy groups -OCH3 is 1. The Kier molecular flexibility index (Phi) is 2.17. The molecule has 0 spiro atoms. The smallest absolute Gasteiger partial charge is 0.343 e. The first-order valence-corrected chi connectivity index (χ1v) is 4.36. The molecule has 0 unspecified atom stereocenters. The molecule has 4 heteroatoms. The molecule has 2 rings (SSSR count). The van der Waals surface area contributed by atoms with Gasteiger partial charge >= 0.3 is 5.63 Å². The third kappa shape index (κ3) is 1.26. The maximum absolute atomic E-state index is 11.3. The van der Waals surface area contributed by atoms with Crippen molar-refractivity contribution in [3.8, 4) is 5.75 Å². The minimum atomic E-state index is -0.396. The van der Waals surface area contributed by atoms with Gasteiger partial charge in [-0.1, -0.05) is 11.6 Å². The Hall–Kier alpha value is -1.48. The molecule has 0 radical (unpaired) electrons. The summed E-state index contributed by atoms with van der Waals surface area (Å²) in [6.45, 7) is 0. The fourth-order valence-corrected chi connectivity index (χ4v) is 1.60. The monoisotopic (exact) mass is 210 g/mol. The molecule has 3 nitrogen and oxygen atoms in total. The first kappa shape index (κ1) is 9.09. The van der Waals surface area contributed by atoms with E-state index in [0.717, 1.165) is 0 Å². The fraction of sp³-hybridized carbons (Fsp3) is 0.100. The molecule has 0 saturated carbocycles. The molecule has 1 aromatic carbocycles. The maximum Gasteiger partial charge on any atom is 0.343 e. The van der Waals surface area contributed by atoms with Crippen LogP contribution in [0.3, 0.4) is 0 Å². The molecule has 0 aliphatic carbocycles. The summed E-state index contributed by atoms with van der Waals surface area (Å²) in [7, 11) is 1.53. The molecule has 0 aliphatic rings. The van der Waals surface area contributed by atoms with E-state index in [1.165, 1.54) is 13.4 Å². The summed E-state index contributed by atoms with van der Waals surface area (Å²) in [6, 6.07) is 4.91. The Morgan fingerprint density at radius 2 is 2.07 bits per heavy atom. The van der Waals surface area contributed by atoms with Crippen LogP contribution in [0, 0.1) is 0 Å². The van der Waals surface area contributed by atoms with E-state index in [2.05, 4.69) is 0 Å². The van der Waals surface area contributed by atoms with E-state index in [-0.39, 0.29) is 0 Å². The average molecular weight is 211 g/mol. The highest BCUT2D eigenvalue weighted by molar-refractivity contribution is 6.36. The Labute approximate surface area is 84.9 Å². The largest absolute Gasteiger partial charge is 0.495 e. The predicted molar refractivity (Wildman–Crippen MR) is 54.0 cm³/mol. The number of hydrogen-bond donors (Lipinski definition) is 0. The van der Waals surface area contributed by atoms with Gasteiger partial charge in [-0.05, 0) is 18.2 Å². The highest BCUT2D eigenvalue weighted by Gasteiger charge is 2.07. The van der Waals surface area contributed by atoms with Gasteiger partial charge in [0, 0.05) is 5.39 Å². The van der Waals surface area contributed by atoms with Crippen LogP contribution in [-0.2, 0) is 0 Å². The summed E-state index contributed by atoms with van der Waals surface area (Å²) in [4.78, 5) is 11.3. The summed E-state index contributed by atoms with van der Waals surface area (Å²) in [5.41, 5.74) is -0.396. The second-order valence-corrected chi connectivity index (χ2v) is 3.13. The number of halogens is 1. The van der Waals surface area contributed by atoms with Crippen LogP contribution in [-0.4, -0.2) is 7.11 Å². The molecule has 0 aliphatic heterocycles. The fourth-order valence-electron chi connectivity index (χ4n) is 1.30. The van der Waals surface area contributed by atoms with E-state index < -0.39 is 5.63 Å². The zero-order valence-electron chi connectivity index (χ0n) is 7.41. The molecule has 0 saturated heterocycles. The molecular weight excluding hydrogens is 204 g/mol. The first-order valence-electron chi connectivity index (χ1n) is 3.98. The lowest BCUT2D eigenvalue weighted by atomic mass is 10.2. The minimum absolute atomic E-state index is 0.396. The van der Waals surface area contributed by atoms with Gasteiger partial charge in [0.1, 0.15) is 5.75 Å². The second-order valence-electron chi connectivity index (χ2n) is 2.75. The molecule has 1 heterocycles. The molecule has 14 heavy (non-hydrogen) atoms. The Morgan fingerprint density at radius 1 is 1.29 bits per heavy atom. The average Bonchev–Trinajstić information content (AvgIpc) is 2.20. The molecule has 0 bridgehead atoms. The van der Waals surface area contributed by atoms with Crippen molar-refractivity contribution < 1.29 is 9.15 Å². The molecule has 0 fully saturated rings. The number of ether oxygens (including phenoxy) is 1. The number of hydrogen-bond acceptors (Lipinski definition) is 3. The van der Waals surface area contributed by atoms with E-state index >= 15 is 0 Å². The van der Waals surface area contributed by atoms with Crippen molar-refractivity contribution in [1.82, 2.24) is 0 Å². The van der Waals surface area contributed by atoms with Gasteiger partial charge in [0.25, 0.3) is 0 Å². The highest BCUT2D eigenvalue weighted by Crippen LogP contribution is 2.30. The van der Waals surface area contributed by atoms with Gasteiger partial charge in [-0.25, -0.2) is 4.79 Å². The number of rotatable bonds is 1. The van der Waals surface area contributed by atoms with Crippen molar-refractivity contribution >= 4 is 22.4 Å². The third-order valence-electron chi connectivity index (χ3n) is 1.99. The Bertz CT molecular complexity index is 530. The van der Waals surface area contributed by atoms with Crippen molar-refractivity contribution in [2.45, 2.75) is 0 Å². The van der Waals surface area contributed by atoms with Gasteiger partial charge in [-0.15, -0.1) is 0 Å². The van der Waals surface area contributed by atoms with Crippen LogP contribution < -0.4 is 10.4 Å². The third-order valence-corrected chi connectivity index (χ3v) is 2.38. The molecule has 72 valence electrons. The van der Waals surface area contributed by atoms with Gasteiger partial charge in [0.05, 0.1) is 23.8 Å². The second kappa shape index (κ2) is 3.35. The van der Waals surface area contributed by atoms with E-state index in [4.69, 9.17) is 20.8 Å². The van der Waals surface area contributed by atoms with Gasteiger partial charge in [0.2, 0.25) is 0 Å². The highest BCUT2D eigenvalue weighted by atomic mass is 35.5. The maximum atomic E-state index is 11.3. The number of fused-ring (bicyclic) bond motifs is 1. The summed E-state index contributed by atoms with van der Waals surface area (Å²) in [6.07, 6.45) is 1.32. The van der Waals surface area contributed by atoms with E-state index in [0.29, 0.717) is 21.5 Å². The van der Waals surface area contributed by atoms with Crippen LogP contribution in [0.1, 0.15) is 0 Å². The minimum Gasteiger partial charge on any atom is -0.495 e. The van der Waals surface area contributed by atoms with Crippen molar-refractivity contribution in [2.24, 2.45) is 0 Å². The van der Waals surface area contributed by atoms with Crippen molar-refractivity contribution in [3.05, 3.63) is 39.9 Å². The Morgan fingerprint density at radius 3 is 2.79 bits per heavy atom. The van der Waals surface area contributed by atoms with Gasteiger partial charge in [0.15, 0.2) is 0 Å². The molecule has 0 amide bonds. The molecule has 2 aromatic rings. The van der Waals surface area contributed by atoms with Crippen LogP contribution in [0.2, 0.25) is 5.02 Å². The van der Waals surface area contributed by atoms with Gasteiger partial charge < -0.3 is 9.15 Å². The molecule has 0 atom stereocenters. The van der Waals surface area contributed by atoms with E-state index in [1.54, 1.807) is 18.2 Å². The molecular formula is C10H7ClO3. The van der Waals surface area contributed by atoms with Crippen molar-refractivity contribution in [2.75, 3.05) is 7.11 Å². The van der Waals surface area contributed by atoms with Crippen LogP contribution in [0.4, 0.5) is 0 Å². The van der Waals surface area contributed by atoms with Gasteiger partial charge in [-0.3, -0.25) is 0 Å². The predicted octanol–water partition coefficient (Wildman–Crippen LogP) is 2.46. The zero-order chi connectivity index (χ0) is 10.1. The summed E-state index contributed by atoms with van der Waals surface area (Å²) in [5.74, 6) is 0.546. The lowest BCUT2D eigenvalue weighted by Gasteiger charge is -2.04. The van der Waals surface area contributed by atoms with Gasteiger partial charge in [-0.2, -0.15) is 0 Å². The Balaban J connectivity index is 2.91. The normalized spacial score (nSPS) is 10.4. The summed E-state index contributed by atoms with van der Waals surface area (Å²) < 4.78 is 9.74. The summed E-state index contributed by atoms with van der Waals surface area (Å²) >= 11 is 6.01. The standard InChI is InChI=1S/C10H7ClO3/c1-13-8-3-2-7-6(9(8)11)4-5-14-10(7)12/h2-5H,1H3. The van der Waals surface area contributed by atoms with Crippen LogP contribution in [0.25, 0.3) is 10.8 Å². The van der Waals surface area contributed by atoms with Crippen LogP contribution in [0.5, 0.6) is 5.75 Å². The lowest BCUT2D eigenvalue weighted by molar-refractivity contribution is 0.415. The van der Waals surface area contributed by atoms with Crippen LogP contribution >= 0.6 is 11.6 Å². The van der Waals surface area contributed by atoms with E-state index in [9.17, 15) is 4.79 Å². The molecule has 0 N–H and O–H groups in total. The SMILES string of the molecule is COc1ccc2c(=O)occc2c1Cl. The first-order chi connectivity index (χ1) is 6.74.